The molecule has 22 heavy (non-hydrogen) atoms. The Morgan fingerprint density at radius 1 is 1.36 bits per heavy atom. The van der Waals surface area contributed by atoms with Gasteiger partial charge in [0.2, 0.25) is 0 Å². The largest absolute Gasteiger partial charge is 0.469 e. The van der Waals surface area contributed by atoms with Crippen molar-refractivity contribution in [1.82, 2.24) is 4.90 Å². The van der Waals surface area contributed by atoms with Gasteiger partial charge in [-0.2, -0.15) is 0 Å². The topological polar surface area (TPSA) is 59.8 Å². The van der Waals surface area contributed by atoms with Gasteiger partial charge in [0, 0.05) is 22.9 Å². The summed E-state index contributed by atoms with van der Waals surface area (Å²) in [5, 5.41) is 0.882. The monoisotopic (exact) mass is 365 g/mol. The molecule has 1 fully saturated rings. The highest BCUT2D eigenvalue weighted by Gasteiger charge is 2.30. The number of rotatable bonds is 2. The van der Waals surface area contributed by atoms with Crippen LogP contribution in [0.3, 0.4) is 0 Å². The molecular weight excluding hydrogens is 350 g/mol. The van der Waals surface area contributed by atoms with Crippen molar-refractivity contribution in [2.24, 2.45) is 5.92 Å². The SMILES string of the molecule is COC(=O)C1CCCN(C(=O)c2cc3ccc(Br)cc3o2)C1. The lowest BCUT2D eigenvalue weighted by Gasteiger charge is -2.30. The van der Waals surface area contributed by atoms with Crippen molar-refractivity contribution in [2.75, 3.05) is 20.2 Å². The number of nitrogens with zero attached hydrogens (tertiary/aromatic N) is 1. The molecule has 0 aliphatic carbocycles. The Bertz CT molecular complexity index is 724. The molecule has 1 aliphatic heterocycles. The number of methoxy groups -OCH3 is 1. The van der Waals surface area contributed by atoms with E-state index in [2.05, 4.69) is 15.9 Å². The molecule has 3 rings (SSSR count). The molecule has 2 aromatic rings. The number of ether oxygens (including phenoxy) is 1. The molecule has 1 aliphatic rings. The molecule has 6 heteroatoms. The van der Waals surface area contributed by atoms with Crippen LogP contribution in [0.1, 0.15) is 23.4 Å². The fourth-order valence-electron chi connectivity index (χ4n) is 2.79. The number of piperidine rings is 1. The fraction of sp³-hybridized carbons (Fsp3) is 0.375. The van der Waals surface area contributed by atoms with Crippen molar-refractivity contribution in [3.8, 4) is 0 Å². The van der Waals surface area contributed by atoms with Crippen molar-refractivity contribution in [3.63, 3.8) is 0 Å². The lowest BCUT2D eigenvalue weighted by Crippen LogP contribution is -2.42. The molecule has 1 aromatic carbocycles. The summed E-state index contributed by atoms with van der Waals surface area (Å²) in [4.78, 5) is 25.9. The summed E-state index contributed by atoms with van der Waals surface area (Å²) < 4.78 is 11.3. The van der Waals surface area contributed by atoms with Gasteiger partial charge >= 0.3 is 5.97 Å². The van der Waals surface area contributed by atoms with Gasteiger partial charge in [0.25, 0.3) is 5.91 Å². The van der Waals surface area contributed by atoms with Gasteiger partial charge in [-0.3, -0.25) is 9.59 Å². The van der Waals surface area contributed by atoms with Crippen LogP contribution in [0.4, 0.5) is 0 Å². The second-order valence-electron chi connectivity index (χ2n) is 5.41. The average molecular weight is 366 g/mol. The van der Waals surface area contributed by atoms with E-state index >= 15 is 0 Å². The van der Waals surface area contributed by atoms with E-state index in [0.717, 1.165) is 22.7 Å². The summed E-state index contributed by atoms with van der Waals surface area (Å²) in [6.45, 7) is 1.01. The van der Waals surface area contributed by atoms with E-state index in [4.69, 9.17) is 9.15 Å². The highest BCUT2D eigenvalue weighted by molar-refractivity contribution is 9.10. The third kappa shape index (κ3) is 2.88. The minimum Gasteiger partial charge on any atom is -0.469 e. The van der Waals surface area contributed by atoms with Crippen LogP contribution in [0, 0.1) is 5.92 Å². The number of amides is 1. The van der Waals surface area contributed by atoms with Gasteiger partial charge in [-0.25, -0.2) is 0 Å². The van der Waals surface area contributed by atoms with Crippen LogP contribution in [-0.4, -0.2) is 37.0 Å². The number of esters is 1. The number of furan rings is 1. The van der Waals surface area contributed by atoms with Gasteiger partial charge in [0.15, 0.2) is 5.76 Å². The molecule has 1 saturated heterocycles. The molecule has 0 bridgehead atoms. The number of halogens is 1. The summed E-state index contributed by atoms with van der Waals surface area (Å²) in [6.07, 6.45) is 1.54. The van der Waals surface area contributed by atoms with Crippen molar-refractivity contribution >= 4 is 38.8 Å². The summed E-state index contributed by atoms with van der Waals surface area (Å²) in [5.41, 5.74) is 0.666. The number of hydrogen-bond donors (Lipinski definition) is 0. The van der Waals surface area contributed by atoms with Gasteiger partial charge in [-0.1, -0.05) is 15.9 Å². The Morgan fingerprint density at radius 2 is 2.18 bits per heavy atom. The number of benzene rings is 1. The molecular formula is C16H16BrNO4. The molecule has 2 heterocycles. The Hall–Kier alpha value is -1.82. The van der Waals surface area contributed by atoms with Crippen molar-refractivity contribution < 1.29 is 18.7 Å². The number of carbonyl (C=O) groups excluding carboxylic acids is 2. The molecule has 1 aromatic heterocycles. The number of carbonyl (C=O) groups is 2. The Labute approximate surface area is 136 Å². The minimum absolute atomic E-state index is 0.180. The van der Waals surface area contributed by atoms with Crippen LogP contribution in [0.25, 0.3) is 11.0 Å². The minimum atomic E-state index is -0.258. The van der Waals surface area contributed by atoms with Crippen molar-refractivity contribution in [2.45, 2.75) is 12.8 Å². The first kappa shape index (κ1) is 15.1. The first-order chi connectivity index (χ1) is 10.6. The smallest absolute Gasteiger partial charge is 0.310 e. The molecule has 0 N–H and O–H groups in total. The molecule has 0 saturated carbocycles. The van der Waals surface area contributed by atoms with Crippen LogP contribution in [-0.2, 0) is 9.53 Å². The van der Waals surface area contributed by atoms with Crippen LogP contribution in [0.5, 0.6) is 0 Å². The third-order valence-electron chi connectivity index (χ3n) is 3.94. The third-order valence-corrected chi connectivity index (χ3v) is 4.43. The Kier molecular flexibility index (Phi) is 4.20. The molecule has 5 nitrogen and oxygen atoms in total. The van der Waals surface area contributed by atoms with Gasteiger partial charge in [-0.05, 0) is 37.1 Å². The van der Waals surface area contributed by atoms with Crippen molar-refractivity contribution in [1.29, 1.82) is 0 Å². The first-order valence-corrected chi connectivity index (χ1v) is 7.94. The predicted molar refractivity (Wildman–Crippen MR) is 84.6 cm³/mol. The summed E-state index contributed by atoms with van der Waals surface area (Å²) in [7, 11) is 1.38. The standard InChI is InChI=1S/C16H16BrNO4/c1-21-16(20)11-3-2-6-18(9-11)15(19)14-7-10-4-5-12(17)8-13(10)22-14/h4-5,7-8,11H,2-3,6,9H2,1H3. The van der Waals surface area contributed by atoms with Crippen LogP contribution in [0.2, 0.25) is 0 Å². The van der Waals surface area contributed by atoms with E-state index in [9.17, 15) is 9.59 Å². The van der Waals surface area contributed by atoms with E-state index in [1.807, 2.05) is 18.2 Å². The quantitative estimate of drug-likeness (QED) is 0.766. The number of fused-ring (bicyclic) bond motifs is 1. The van der Waals surface area contributed by atoms with E-state index in [-0.39, 0.29) is 17.8 Å². The molecule has 0 radical (unpaired) electrons. The van der Waals surface area contributed by atoms with Crippen LogP contribution in [0.15, 0.2) is 33.2 Å². The zero-order chi connectivity index (χ0) is 15.7. The molecule has 1 amide bonds. The fourth-order valence-corrected chi connectivity index (χ4v) is 3.13. The Morgan fingerprint density at radius 3 is 2.95 bits per heavy atom. The van der Waals surface area contributed by atoms with E-state index in [0.29, 0.717) is 24.4 Å². The average Bonchev–Trinajstić information content (AvgIpc) is 2.96. The predicted octanol–water partition coefficient (Wildman–Crippen LogP) is 3.22. The summed E-state index contributed by atoms with van der Waals surface area (Å²) in [5.74, 6) is -0.383. The van der Waals surface area contributed by atoms with Crippen molar-refractivity contribution in [3.05, 3.63) is 34.5 Å². The second kappa shape index (κ2) is 6.12. The van der Waals surface area contributed by atoms with Crippen LogP contribution >= 0.6 is 15.9 Å². The van der Waals surface area contributed by atoms with Crippen LogP contribution < -0.4 is 0 Å². The summed E-state index contributed by atoms with van der Waals surface area (Å²) >= 11 is 3.38. The maximum Gasteiger partial charge on any atom is 0.310 e. The second-order valence-corrected chi connectivity index (χ2v) is 6.32. The van der Waals surface area contributed by atoms with Gasteiger partial charge in [0.1, 0.15) is 5.58 Å². The highest BCUT2D eigenvalue weighted by atomic mass is 79.9. The lowest BCUT2D eigenvalue weighted by atomic mass is 9.98. The molecule has 1 unspecified atom stereocenters. The van der Waals surface area contributed by atoms with Gasteiger partial charge in [-0.15, -0.1) is 0 Å². The van der Waals surface area contributed by atoms with Gasteiger partial charge in [0.05, 0.1) is 13.0 Å². The number of likely N-dealkylation sites (tertiary alicyclic amines) is 1. The zero-order valence-electron chi connectivity index (χ0n) is 12.2. The molecule has 116 valence electrons. The van der Waals surface area contributed by atoms with Gasteiger partial charge < -0.3 is 14.1 Å². The maximum absolute atomic E-state index is 12.6. The lowest BCUT2D eigenvalue weighted by molar-refractivity contribution is -0.146. The van der Waals surface area contributed by atoms with E-state index in [1.54, 1.807) is 11.0 Å². The van der Waals surface area contributed by atoms with E-state index < -0.39 is 0 Å². The Balaban J connectivity index is 1.81. The molecule has 1 atom stereocenters. The zero-order valence-corrected chi connectivity index (χ0v) is 13.8. The normalized spacial score (nSPS) is 18.5. The van der Waals surface area contributed by atoms with E-state index in [1.165, 1.54) is 7.11 Å². The first-order valence-electron chi connectivity index (χ1n) is 7.14. The number of hydrogen-bond acceptors (Lipinski definition) is 4. The maximum atomic E-state index is 12.6. The molecule has 0 spiro atoms. The highest BCUT2D eigenvalue weighted by Crippen LogP contribution is 2.26. The summed E-state index contributed by atoms with van der Waals surface area (Å²) in [6, 6.07) is 7.37.